The maximum absolute atomic E-state index is 12.6. The number of hydrogen-bond acceptors (Lipinski definition) is 5. The van der Waals surface area contributed by atoms with Crippen LogP contribution in [0.25, 0.3) is 0 Å². The number of nitrogens with zero attached hydrogens (tertiary/aromatic N) is 1. The zero-order chi connectivity index (χ0) is 17.4. The highest BCUT2D eigenvalue weighted by Gasteiger charge is 2.33. The Labute approximate surface area is 134 Å². The molecule has 0 aliphatic carbocycles. The summed E-state index contributed by atoms with van der Waals surface area (Å²) in [5.74, 6) is -1.54. The number of aliphatic carboxylic acids is 1. The summed E-state index contributed by atoms with van der Waals surface area (Å²) in [5.41, 5.74) is 0.775. The molecule has 1 aromatic rings. The van der Waals surface area contributed by atoms with Crippen LogP contribution >= 0.6 is 0 Å². The van der Waals surface area contributed by atoms with Gasteiger partial charge in [-0.2, -0.15) is 0 Å². The van der Waals surface area contributed by atoms with Crippen LogP contribution in [0.5, 0.6) is 0 Å². The Bertz CT molecular complexity index is 742. The summed E-state index contributed by atoms with van der Waals surface area (Å²) in [6.07, 6.45) is -0.405. The van der Waals surface area contributed by atoms with Crippen LogP contribution in [0, 0.1) is 6.92 Å². The molecule has 1 aliphatic heterocycles. The van der Waals surface area contributed by atoms with E-state index in [1.807, 2.05) is 0 Å². The molecule has 1 fully saturated rings. The summed E-state index contributed by atoms with van der Waals surface area (Å²) in [5, 5.41) is 9.07. The molecule has 2 rings (SSSR count). The minimum Gasteiger partial charge on any atom is -0.479 e. The molecular formula is C15H19NO6S. The maximum atomic E-state index is 12.6. The van der Waals surface area contributed by atoms with Crippen LogP contribution < -0.4 is 0 Å². The first-order chi connectivity index (χ1) is 10.6. The van der Waals surface area contributed by atoms with E-state index in [-0.39, 0.29) is 23.5 Å². The highest BCUT2D eigenvalue weighted by Crippen LogP contribution is 2.20. The smallest absolute Gasteiger partial charge is 0.334 e. The lowest BCUT2D eigenvalue weighted by molar-refractivity contribution is -0.160. The highest BCUT2D eigenvalue weighted by molar-refractivity contribution is 7.90. The number of ether oxygens (including phenoxy) is 1. The third-order valence-corrected chi connectivity index (χ3v) is 4.90. The van der Waals surface area contributed by atoms with Gasteiger partial charge < -0.3 is 14.7 Å². The molecular weight excluding hydrogens is 322 g/mol. The van der Waals surface area contributed by atoms with Crippen LogP contribution in [-0.4, -0.2) is 61.9 Å². The van der Waals surface area contributed by atoms with Crippen molar-refractivity contribution in [2.24, 2.45) is 0 Å². The van der Waals surface area contributed by atoms with Crippen molar-refractivity contribution in [3.63, 3.8) is 0 Å². The molecule has 126 valence electrons. The van der Waals surface area contributed by atoms with E-state index in [0.717, 1.165) is 6.26 Å². The van der Waals surface area contributed by atoms with Crippen molar-refractivity contribution < 1.29 is 27.9 Å². The summed E-state index contributed by atoms with van der Waals surface area (Å²) < 4.78 is 28.8. The third kappa shape index (κ3) is 3.89. The second kappa shape index (κ2) is 6.29. The van der Waals surface area contributed by atoms with Crippen LogP contribution in [0.15, 0.2) is 23.1 Å². The van der Waals surface area contributed by atoms with Crippen molar-refractivity contribution in [2.45, 2.75) is 31.0 Å². The SMILES string of the molecule is Cc1ccc(C(=O)N2CC(C(=O)O)O[C@H](C)C2)cc1S(C)(=O)=O. The molecule has 1 unspecified atom stereocenters. The number of sulfone groups is 1. The van der Waals surface area contributed by atoms with Crippen LogP contribution in [0.2, 0.25) is 0 Å². The van der Waals surface area contributed by atoms with Gasteiger partial charge in [0.05, 0.1) is 17.5 Å². The van der Waals surface area contributed by atoms with E-state index in [1.54, 1.807) is 26.0 Å². The second-order valence-electron chi connectivity index (χ2n) is 5.74. The predicted octanol–water partition coefficient (Wildman–Crippen LogP) is 0.713. The Hall–Kier alpha value is -1.93. The van der Waals surface area contributed by atoms with Crippen molar-refractivity contribution >= 4 is 21.7 Å². The number of rotatable bonds is 3. The van der Waals surface area contributed by atoms with Crippen LogP contribution in [0.3, 0.4) is 0 Å². The number of hydrogen-bond donors (Lipinski definition) is 1. The molecule has 1 amide bonds. The molecule has 2 atom stereocenters. The van der Waals surface area contributed by atoms with Crippen molar-refractivity contribution in [1.29, 1.82) is 0 Å². The van der Waals surface area contributed by atoms with Gasteiger partial charge in [-0.25, -0.2) is 13.2 Å². The van der Waals surface area contributed by atoms with E-state index < -0.39 is 33.9 Å². The van der Waals surface area contributed by atoms with E-state index in [2.05, 4.69) is 0 Å². The van der Waals surface area contributed by atoms with Crippen LogP contribution in [0.1, 0.15) is 22.8 Å². The zero-order valence-corrected chi connectivity index (χ0v) is 14.0. The molecule has 23 heavy (non-hydrogen) atoms. The fourth-order valence-electron chi connectivity index (χ4n) is 2.57. The van der Waals surface area contributed by atoms with E-state index >= 15 is 0 Å². The van der Waals surface area contributed by atoms with Crippen molar-refractivity contribution in [3.8, 4) is 0 Å². The third-order valence-electron chi connectivity index (χ3n) is 3.66. The van der Waals surface area contributed by atoms with E-state index in [4.69, 9.17) is 9.84 Å². The lowest BCUT2D eigenvalue weighted by Gasteiger charge is -2.35. The molecule has 0 aromatic heterocycles. The van der Waals surface area contributed by atoms with E-state index in [9.17, 15) is 18.0 Å². The van der Waals surface area contributed by atoms with Gasteiger partial charge in [-0.15, -0.1) is 0 Å². The first-order valence-corrected chi connectivity index (χ1v) is 8.97. The molecule has 1 aliphatic rings. The number of carboxylic acids is 1. The van der Waals surface area contributed by atoms with Gasteiger partial charge in [-0.05, 0) is 31.5 Å². The second-order valence-corrected chi connectivity index (χ2v) is 7.72. The Morgan fingerprint density at radius 1 is 1.30 bits per heavy atom. The normalized spacial score (nSPS) is 22.0. The van der Waals surface area contributed by atoms with Gasteiger partial charge >= 0.3 is 5.97 Å². The number of carboxylic acid groups (broad SMARTS) is 1. The van der Waals surface area contributed by atoms with Gasteiger partial charge in [0.15, 0.2) is 15.9 Å². The number of benzene rings is 1. The van der Waals surface area contributed by atoms with Gasteiger partial charge in [0.25, 0.3) is 5.91 Å². The average molecular weight is 341 g/mol. The van der Waals surface area contributed by atoms with Crippen molar-refractivity contribution in [2.75, 3.05) is 19.3 Å². The molecule has 0 bridgehead atoms. The van der Waals surface area contributed by atoms with E-state index in [0.29, 0.717) is 5.56 Å². The molecule has 7 nitrogen and oxygen atoms in total. The molecule has 0 saturated carbocycles. The average Bonchev–Trinajstić information content (AvgIpc) is 2.45. The molecule has 1 saturated heterocycles. The number of amides is 1. The van der Waals surface area contributed by atoms with Gasteiger partial charge in [0, 0.05) is 18.4 Å². The Kier molecular flexibility index (Phi) is 4.76. The standard InChI is InChI=1S/C15H19NO6S/c1-9-4-5-11(6-13(9)23(3,20)21)14(17)16-7-10(2)22-12(8-16)15(18)19/h4-6,10,12H,7-8H2,1-3H3,(H,18,19)/t10-,12?/m1/s1. The summed E-state index contributed by atoms with van der Waals surface area (Å²) in [6, 6.07) is 4.45. The van der Waals surface area contributed by atoms with Crippen LogP contribution in [0.4, 0.5) is 0 Å². The summed E-state index contributed by atoms with van der Waals surface area (Å²) in [6.45, 7) is 3.53. The molecule has 1 heterocycles. The molecule has 0 radical (unpaired) electrons. The number of carbonyl (C=O) groups excluding carboxylic acids is 1. The highest BCUT2D eigenvalue weighted by atomic mass is 32.2. The first kappa shape index (κ1) is 17.4. The fourth-order valence-corrected chi connectivity index (χ4v) is 3.56. The van der Waals surface area contributed by atoms with E-state index in [1.165, 1.54) is 11.0 Å². The van der Waals surface area contributed by atoms with Gasteiger partial charge in [0.2, 0.25) is 0 Å². The Morgan fingerprint density at radius 3 is 2.52 bits per heavy atom. The zero-order valence-electron chi connectivity index (χ0n) is 13.1. The van der Waals surface area contributed by atoms with Gasteiger partial charge in [-0.1, -0.05) is 6.07 Å². The Morgan fingerprint density at radius 2 is 1.96 bits per heavy atom. The minimum atomic E-state index is -3.44. The predicted molar refractivity (Wildman–Crippen MR) is 82.2 cm³/mol. The van der Waals surface area contributed by atoms with Crippen molar-refractivity contribution in [1.82, 2.24) is 4.90 Å². The molecule has 8 heteroatoms. The lowest BCUT2D eigenvalue weighted by atomic mass is 10.1. The topological polar surface area (TPSA) is 101 Å². The summed E-state index contributed by atoms with van der Waals surface area (Å²) in [7, 11) is -3.44. The van der Waals surface area contributed by atoms with Gasteiger partial charge in [-0.3, -0.25) is 4.79 Å². The number of morpholine rings is 1. The number of aryl methyl sites for hydroxylation is 1. The summed E-state index contributed by atoms with van der Waals surface area (Å²) in [4.78, 5) is 25.2. The quantitative estimate of drug-likeness (QED) is 0.869. The van der Waals surface area contributed by atoms with Crippen molar-refractivity contribution in [3.05, 3.63) is 29.3 Å². The lowest BCUT2D eigenvalue weighted by Crippen LogP contribution is -2.51. The Balaban J connectivity index is 2.32. The first-order valence-electron chi connectivity index (χ1n) is 7.08. The molecule has 1 aromatic carbocycles. The number of carbonyl (C=O) groups is 2. The minimum absolute atomic E-state index is 0.0689. The van der Waals surface area contributed by atoms with Gasteiger partial charge in [0.1, 0.15) is 0 Å². The van der Waals surface area contributed by atoms with Crippen LogP contribution in [-0.2, 0) is 19.4 Å². The molecule has 1 N–H and O–H groups in total. The fraction of sp³-hybridized carbons (Fsp3) is 0.467. The largest absolute Gasteiger partial charge is 0.479 e. The monoisotopic (exact) mass is 341 g/mol. The maximum Gasteiger partial charge on any atom is 0.334 e. The summed E-state index contributed by atoms with van der Waals surface area (Å²) >= 11 is 0. The molecule has 0 spiro atoms.